The van der Waals surface area contributed by atoms with E-state index in [1.54, 1.807) is 36.4 Å². The Morgan fingerprint density at radius 3 is 2.41 bits per heavy atom. The van der Waals surface area contributed by atoms with Gasteiger partial charge < -0.3 is 23.9 Å². The average molecular weight is 533 g/mol. The Kier molecular flexibility index (Phi) is 7.79. The number of ether oxygens (including phenoxy) is 2. The molecule has 1 saturated heterocycles. The highest BCUT2D eigenvalue weighted by Gasteiger charge is 2.22. The molecule has 0 bridgehead atoms. The number of phenolic OH excluding ortho intramolecular Hbond substituents is 1. The Balaban J connectivity index is 1.29. The largest absolute Gasteiger partial charge is 0.507 e. The van der Waals surface area contributed by atoms with E-state index in [1.165, 1.54) is 30.5 Å². The minimum absolute atomic E-state index is 0.00615. The van der Waals surface area contributed by atoms with Gasteiger partial charge in [0.05, 0.1) is 23.1 Å². The minimum atomic E-state index is -0.419. The van der Waals surface area contributed by atoms with Crippen molar-refractivity contribution in [3.8, 4) is 17.2 Å². The molecule has 0 unspecified atom stereocenters. The highest BCUT2D eigenvalue weighted by atomic mass is 19.1. The van der Waals surface area contributed by atoms with Gasteiger partial charge in [0.25, 0.3) is 0 Å². The van der Waals surface area contributed by atoms with E-state index in [9.17, 15) is 19.1 Å². The third-order valence-corrected chi connectivity index (χ3v) is 6.69. The van der Waals surface area contributed by atoms with E-state index in [1.807, 2.05) is 6.92 Å². The minimum Gasteiger partial charge on any atom is -0.507 e. The third kappa shape index (κ3) is 5.88. The lowest BCUT2D eigenvalue weighted by Crippen LogP contribution is -2.46. The molecule has 2 heterocycles. The maximum absolute atomic E-state index is 13.3. The van der Waals surface area contributed by atoms with Gasteiger partial charge in [-0.05, 0) is 67.1 Å². The van der Waals surface area contributed by atoms with Gasteiger partial charge in [0.2, 0.25) is 11.2 Å². The molecule has 5 rings (SSSR count). The molecule has 8 nitrogen and oxygen atoms in total. The summed E-state index contributed by atoms with van der Waals surface area (Å²) in [4.78, 5) is 29.6. The van der Waals surface area contributed by atoms with Gasteiger partial charge in [0.15, 0.2) is 0 Å². The van der Waals surface area contributed by atoms with Crippen molar-refractivity contribution >= 4 is 22.6 Å². The van der Waals surface area contributed by atoms with E-state index in [0.29, 0.717) is 41.0 Å². The van der Waals surface area contributed by atoms with Crippen LogP contribution in [-0.2, 0) is 11.3 Å². The van der Waals surface area contributed by atoms with Gasteiger partial charge in [-0.2, -0.15) is 0 Å². The number of hydrogen-bond acceptors (Lipinski definition) is 8. The van der Waals surface area contributed by atoms with E-state index in [0.717, 1.165) is 38.3 Å². The van der Waals surface area contributed by atoms with Gasteiger partial charge in [-0.25, -0.2) is 9.18 Å². The average Bonchev–Trinajstić information content (AvgIpc) is 2.96. The van der Waals surface area contributed by atoms with Gasteiger partial charge in [-0.3, -0.25) is 9.69 Å². The maximum atomic E-state index is 13.3. The van der Waals surface area contributed by atoms with Crippen molar-refractivity contribution in [2.75, 3.05) is 37.7 Å². The summed E-state index contributed by atoms with van der Waals surface area (Å²) in [6.07, 6.45) is 1.97. The van der Waals surface area contributed by atoms with Crippen LogP contribution in [0.15, 0.2) is 76.1 Å². The number of nitrogens with zero attached hydrogens (tertiary/aromatic N) is 2. The lowest BCUT2D eigenvalue weighted by Gasteiger charge is -2.36. The highest BCUT2D eigenvalue weighted by Crippen LogP contribution is 2.30. The van der Waals surface area contributed by atoms with Crippen LogP contribution in [0.2, 0.25) is 0 Å². The summed E-state index contributed by atoms with van der Waals surface area (Å²) in [5, 5.41) is 10.9. The van der Waals surface area contributed by atoms with Crippen LogP contribution in [0.25, 0.3) is 11.0 Å². The summed E-state index contributed by atoms with van der Waals surface area (Å²) in [5.41, 5.74) is 1.82. The lowest BCUT2D eigenvalue weighted by atomic mass is 10.1. The predicted octanol–water partition coefficient (Wildman–Crippen LogP) is 5.32. The molecule has 1 N–H and O–H groups in total. The fourth-order valence-corrected chi connectivity index (χ4v) is 4.56. The monoisotopic (exact) mass is 532 g/mol. The number of halogens is 1. The zero-order chi connectivity index (χ0) is 27.4. The Morgan fingerprint density at radius 2 is 1.72 bits per heavy atom. The zero-order valence-corrected chi connectivity index (χ0v) is 21.6. The number of benzene rings is 3. The second-order valence-corrected chi connectivity index (χ2v) is 9.37. The first-order valence-corrected chi connectivity index (χ1v) is 12.9. The Bertz CT molecular complexity index is 1510. The first-order valence-electron chi connectivity index (χ1n) is 12.9. The highest BCUT2D eigenvalue weighted by molar-refractivity contribution is 5.89. The number of rotatable bonds is 8. The van der Waals surface area contributed by atoms with Gasteiger partial charge in [-0.1, -0.05) is 6.92 Å². The van der Waals surface area contributed by atoms with Crippen LogP contribution < -0.4 is 15.1 Å². The number of aromatic hydroxyl groups is 1. The van der Waals surface area contributed by atoms with Crippen LogP contribution in [0.3, 0.4) is 0 Å². The molecule has 39 heavy (non-hydrogen) atoms. The maximum Gasteiger partial charge on any atom is 0.338 e. The molecule has 4 aromatic rings. The lowest BCUT2D eigenvalue weighted by molar-refractivity contribution is 0.0505. The van der Waals surface area contributed by atoms with Crippen LogP contribution in [0, 0.1) is 5.82 Å². The summed E-state index contributed by atoms with van der Waals surface area (Å²) in [5.74, 6) is -0.273. The molecule has 0 amide bonds. The number of piperazine rings is 1. The first kappa shape index (κ1) is 26.2. The van der Waals surface area contributed by atoms with E-state index in [4.69, 9.17) is 13.9 Å². The predicted molar refractivity (Wildman–Crippen MR) is 145 cm³/mol. The van der Waals surface area contributed by atoms with Crippen molar-refractivity contribution in [1.29, 1.82) is 0 Å². The third-order valence-electron chi connectivity index (χ3n) is 6.69. The van der Waals surface area contributed by atoms with Crippen molar-refractivity contribution in [1.82, 2.24) is 4.90 Å². The molecule has 0 radical (unpaired) electrons. The molecular weight excluding hydrogens is 503 g/mol. The fraction of sp³-hybridized carbons (Fsp3) is 0.267. The molecular formula is C30H29FN2O6. The molecule has 0 spiro atoms. The van der Waals surface area contributed by atoms with Crippen molar-refractivity contribution in [3.63, 3.8) is 0 Å². The quantitative estimate of drug-likeness (QED) is 0.305. The van der Waals surface area contributed by atoms with Gasteiger partial charge in [0.1, 0.15) is 29.2 Å². The number of carbonyl (C=O) groups excluding carboxylic acids is 1. The normalized spacial score (nSPS) is 13.9. The summed E-state index contributed by atoms with van der Waals surface area (Å²) in [6.45, 7) is 5.60. The second-order valence-electron chi connectivity index (χ2n) is 9.37. The second kappa shape index (κ2) is 11.6. The number of esters is 1. The summed E-state index contributed by atoms with van der Waals surface area (Å²) < 4.78 is 30.0. The van der Waals surface area contributed by atoms with Gasteiger partial charge in [-0.15, -0.1) is 0 Å². The number of fused-ring (bicyclic) bond motifs is 1. The summed E-state index contributed by atoms with van der Waals surface area (Å²) >= 11 is 0. The molecule has 1 aliphatic rings. The van der Waals surface area contributed by atoms with E-state index >= 15 is 0 Å². The molecule has 1 aromatic heterocycles. The van der Waals surface area contributed by atoms with Crippen LogP contribution in [0.5, 0.6) is 17.2 Å². The van der Waals surface area contributed by atoms with Gasteiger partial charge >= 0.3 is 5.97 Å². The van der Waals surface area contributed by atoms with Crippen molar-refractivity contribution < 1.29 is 28.2 Å². The topological polar surface area (TPSA) is 92.5 Å². The molecule has 0 atom stereocenters. The van der Waals surface area contributed by atoms with Crippen LogP contribution in [0.4, 0.5) is 10.1 Å². The first-order chi connectivity index (χ1) is 18.9. The Labute approximate surface area is 224 Å². The number of phenols is 1. The van der Waals surface area contributed by atoms with E-state index in [-0.39, 0.29) is 22.7 Å². The Hall–Kier alpha value is -4.37. The van der Waals surface area contributed by atoms with Crippen molar-refractivity contribution in [2.24, 2.45) is 0 Å². The summed E-state index contributed by atoms with van der Waals surface area (Å²) in [7, 11) is 0. The Morgan fingerprint density at radius 1 is 1.00 bits per heavy atom. The fourth-order valence-electron chi connectivity index (χ4n) is 4.56. The number of hydrogen-bond donors (Lipinski definition) is 1. The van der Waals surface area contributed by atoms with Crippen LogP contribution in [-0.4, -0.2) is 48.8 Å². The van der Waals surface area contributed by atoms with Crippen LogP contribution in [0.1, 0.15) is 29.3 Å². The van der Waals surface area contributed by atoms with Crippen molar-refractivity contribution in [3.05, 3.63) is 94.1 Å². The molecule has 0 saturated carbocycles. The molecule has 3 aromatic carbocycles. The number of carbonyl (C=O) groups is 1. The van der Waals surface area contributed by atoms with Gasteiger partial charge in [0, 0.05) is 38.4 Å². The molecule has 0 aliphatic carbocycles. The molecule has 1 aliphatic heterocycles. The van der Waals surface area contributed by atoms with Crippen LogP contribution >= 0.6 is 0 Å². The van der Waals surface area contributed by atoms with E-state index in [2.05, 4.69) is 9.80 Å². The standard InChI is InChI=1S/C30H29FN2O6/c1-2-17-37-30(36)20-3-9-23(10-4-20)39-27-19-38-29-24(28(27)35)11-12-26(34)25(29)18-32-13-15-33(16-14-32)22-7-5-21(31)6-8-22/h3-12,19,34H,2,13-18H2,1H3. The molecule has 1 fully saturated rings. The smallest absolute Gasteiger partial charge is 0.338 e. The molecule has 202 valence electrons. The number of anilines is 1. The van der Waals surface area contributed by atoms with E-state index < -0.39 is 5.97 Å². The summed E-state index contributed by atoms with van der Waals surface area (Å²) in [6, 6.07) is 15.8. The molecule has 9 heteroatoms. The zero-order valence-electron chi connectivity index (χ0n) is 21.6. The van der Waals surface area contributed by atoms with Crippen molar-refractivity contribution in [2.45, 2.75) is 19.9 Å². The SMILES string of the molecule is CCCOC(=O)c1ccc(Oc2coc3c(CN4CCN(c5ccc(F)cc5)CC4)c(O)ccc3c2=O)cc1.